The number of aromatic carboxylic acids is 1. The number of carbonyl (C=O) groups excluding carboxylic acids is 7. The highest BCUT2D eigenvalue weighted by molar-refractivity contribution is 6.31. The van der Waals surface area contributed by atoms with Gasteiger partial charge in [0.2, 0.25) is 0 Å². The second-order valence-corrected chi connectivity index (χ2v) is 34.6. The van der Waals surface area contributed by atoms with Gasteiger partial charge in [0, 0.05) is 52.9 Å². The van der Waals surface area contributed by atoms with Crippen LogP contribution in [0.2, 0.25) is 15.1 Å². The Balaban J connectivity index is 0.000000316. The van der Waals surface area contributed by atoms with Crippen LogP contribution in [0.3, 0.4) is 0 Å². The summed E-state index contributed by atoms with van der Waals surface area (Å²) in [6, 6.07) is 69.1. The predicted octanol–water partition coefficient (Wildman–Crippen LogP) is 23.6. The average Bonchev–Trinajstić information content (AvgIpc) is 0.803. The zero-order valence-corrected chi connectivity index (χ0v) is 81.7. The molecule has 0 aliphatic carbocycles. The summed E-state index contributed by atoms with van der Waals surface area (Å²) in [4.78, 5) is 102. The van der Waals surface area contributed by atoms with Crippen LogP contribution in [0.15, 0.2) is 237 Å². The summed E-state index contributed by atoms with van der Waals surface area (Å²) in [5.41, 5.74) is 16.6. The molecule has 0 radical (unpaired) electrons. The highest BCUT2D eigenvalue weighted by atomic mass is 35.5. The fourth-order valence-corrected chi connectivity index (χ4v) is 13.4. The molecule has 28 nitrogen and oxygen atoms in total. The number of carboxylic acid groups (broad SMARTS) is 1. The van der Waals surface area contributed by atoms with Gasteiger partial charge in [0.25, 0.3) is 11.8 Å². The predicted molar refractivity (Wildman–Crippen MR) is 553 cm³/mol. The largest absolute Gasteiger partial charge is 0.506 e. The number of phenolic OH excluding ortho intramolecular Hbond substituents is 1. The minimum atomic E-state index is -1.03. The number of alkyl carbamates (subject to hydrolysis) is 3. The summed E-state index contributed by atoms with van der Waals surface area (Å²) in [6.45, 7) is 19.4. The van der Waals surface area contributed by atoms with Crippen molar-refractivity contribution in [2.45, 2.75) is 119 Å². The molecule has 13 N–H and O–H groups in total. The quantitative estimate of drug-likeness (QED) is 0.00467. The maximum atomic E-state index is 14.0. The molecule has 0 spiro atoms. The summed E-state index contributed by atoms with van der Waals surface area (Å²) in [5.74, 6) is -1.54. The van der Waals surface area contributed by atoms with Gasteiger partial charge in [-0.1, -0.05) is 164 Å². The molecular formula is C104H116Cl6N8O20. The second kappa shape index (κ2) is 54.5. The molecule has 5 amide bonds. The Bertz CT molecular complexity index is 6350. The minimum absolute atomic E-state index is 0. The fraction of sp³-hybridized carbons (Fsp3) is 0.269. The Morgan fingerprint density at radius 3 is 0.841 bits per heavy atom. The van der Waals surface area contributed by atoms with Gasteiger partial charge in [-0.25, -0.2) is 28.8 Å². The normalized spacial score (nSPS) is 10.8. The molecule has 13 aromatic rings. The zero-order valence-electron chi connectivity index (χ0n) is 77.0. The maximum Gasteiger partial charge on any atom is 0.407 e. The smallest absolute Gasteiger partial charge is 0.407 e. The molecule has 0 bridgehead atoms. The van der Waals surface area contributed by atoms with Crippen molar-refractivity contribution in [1.29, 1.82) is 0 Å². The lowest BCUT2D eigenvalue weighted by Gasteiger charge is -2.19. The van der Waals surface area contributed by atoms with Crippen molar-refractivity contribution in [2.24, 2.45) is 11.5 Å². The number of anilines is 3. The first kappa shape index (κ1) is 113. The lowest BCUT2D eigenvalue weighted by molar-refractivity contribution is 0.0513. The standard InChI is InChI=1S/C44H48ClN3O9.C34H32ClN3O5.C19H23NO5.C6H6ClNO.CH4.3ClH/c1-43(2,3)56-41(51)46-19-11-21-53-36-25-30-15-9-7-13-28(30)23-33(36)39(49)48-35-18-17-32(45)27-38(35)55-40(50)34-24-29-14-8-10-16-31(29)26-37(34)54-22-12-20-47-42(52)57-44(4,5)6;35-26-11-12-29(38-33(39)27-17-22-7-1-3-9-24(22)19-30(27)41-15-5-13-36)32(21-26)43-34(40)28-18-23-8-2-4-10-25(23)20-31(28)42-16-6-14-37;1-19(2,3)25-18(23)20-9-6-10-24-16-12-14-8-5-4-7-13(14)11-15(16)17(21)22;7-4-1-2-5(8)6(9)3-4;;;;/h7-10,13-18,23-27H,11-12,19-22H2,1-6H3,(H,46,51)(H,47,52)(H,48,49);1-4,7-12,17-21H,5-6,13-16,36-37H2,(H,38,39);4-5,7-8,11-12H,6,9-10H2,1-3H3,(H,20,23)(H,21,22);1-3,9H,8H2;1H4;3*1H. The number of carboxylic acids is 1. The minimum Gasteiger partial charge on any atom is -0.506 e. The molecule has 0 unspecified atom stereocenters. The number of hydrogen-bond acceptors (Lipinski definition) is 22. The number of phenols is 1. The molecule has 138 heavy (non-hydrogen) atoms. The number of rotatable bonds is 32. The number of nitrogens with two attached hydrogens (primary N) is 3. The highest BCUT2D eigenvalue weighted by Crippen LogP contribution is 2.38. The van der Waals surface area contributed by atoms with Gasteiger partial charge in [-0.2, -0.15) is 0 Å². The van der Waals surface area contributed by atoms with E-state index in [1.807, 2.05) is 127 Å². The van der Waals surface area contributed by atoms with Crippen LogP contribution in [0, 0.1) is 0 Å². The van der Waals surface area contributed by atoms with Crippen LogP contribution >= 0.6 is 72.0 Å². The summed E-state index contributed by atoms with van der Waals surface area (Å²) < 4.78 is 57.1. The van der Waals surface area contributed by atoms with Crippen LogP contribution in [0.5, 0.6) is 46.0 Å². The molecule has 0 saturated heterocycles. The van der Waals surface area contributed by atoms with E-state index in [1.165, 1.54) is 18.2 Å². The lowest BCUT2D eigenvalue weighted by Crippen LogP contribution is -2.33. The zero-order chi connectivity index (χ0) is 96.7. The molecule has 0 atom stereocenters. The Kier molecular flexibility index (Phi) is 44.8. The highest BCUT2D eigenvalue weighted by Gasteiger charge is 2.27. The van der Waals surface area contributed by atoms with Crippen LogP contribution < -0.4 is 76.9 Å². The van der Waals surface area contributed by atoms with Gasteiger partial charge in [0.1, 0.15) is 68.0 Å². The average molecular weight is 2010 g/mol. The molecule has 0 aliphatic heterocycles. The van der Waals surface area contributed by atoms with Crippen molar-refractivity contribution in [1.82, 2.24) is 16.0 Å². The summed E-state index contributed by atoms with van der Waals surface area (Å²) in [5, 5.41) is 41.7. The Morgan fingerprint density at radius 1 is 0.326 bits per heavy atom. The van der Waals surface area contributed by atoms with Crippen LogP contribution in [0.1, 0.15) is 154 Å². The maximum absolute atomic E-state index is 14.0. The first-order valence-electron chi connectivity index (χ1n) is 43.2. The van der Waals surface area contributed by atoms with Crippen molar-refractivity contribution in [3.63, 3.8) is 0 Å². The van der Waals surface area contributed by atoms with Crippen molar-refractivity contribution in [3.05, 3.63) is 279 Å². The SMILES string of the molecule is C.CC(C)(C)OC(=O)NCCCOc1cc2ccccc2cc1C(=O)Nc1ccc(Cl)cc1OC(=O)c1cc2ccccc2cc1OCCCNC(=O)OC(C)(C)C.CC(C)(C)OC(=O)NCCCOc1cc2ccccc2cc1C(=O)O.Cl.Cl.Cl.NCCCOc1cc2ccccc2cc1C(=O)Nc1ccc(Cl)cc1OC(=O)c1cc2ccccc2cc1OCCCN.Nc1ccc(Cl)cc1O. The monoisotopic (exact) mass is 2010 g/mol. The molecule has 0 heterocycles. The third-order valence-electron chi connectivity index (χ3n) is 19.1. The van der Waals surface area contributed by atoms with Crippen LogP contribution in [0.4, 0.5) is 31.4 Å². The van der Waals surface area contributed by atoms with Crippen LogP contribution in [0.25, 0.3) is 53.9 Å². The van der Waals surface area contributed by atoms with Crippen LogP contribution in [-0.2, 0) is 14.2 Å². The van der Waals surface area contributed by atoms with E-state index < -0.39 is 64.8 Å². The molecule has 0 aliphatic rings. The van der Waals surface area contributed by atoms with Gasteiger partial charge < -0.3 is 101 Å². The van der Waals surface area contributed by atoms with E-state index in [0.717, 1.165) is 53.9 Å². The first-order chi connectivity index (χ1) is 64.0. The van der Waals surface area contributed by atoms with Crippen molar-refractivity contribution >= 4 is 191 Å². The summed E-state index contributed by atoms with van der Waals surface area (Å²) in [7, 11) is 0. The van der Waals surface area contributed by atoms with E-state index in [0.29, 0.717) is 122 Å². The number of aromatic hydroxyl groups is 1. The van der Waals surface area contributed by atoms with Gasteiger partial charge in [0.15, 0.2) is 11.5 Å². The van der Waals surface area contributed by atoms with Crippen LogP contribution in [-0.4, -0.2) is 141 Å². The van der Waals surface area contributed by atoms with Crippen molar-refractivity contribution in [2.75, 3.05) is 82.1 Å². The molecule has 0 saturated carbocycles. The molecule has 0 fully saturated rings. The number of nitrogen functional groups attached to an aromatic ring is 1. The Labute approximate surface area is 835 Å². The molecule has 13 rings (SSSR count). The second-order valence-electron chi connectivity index (χ2n) is 33.3. The number of amides is 5. The fourth-order valence-electron chi connectivity index (χ4n) is 12.9. The summed E-state index contributed by atoms with van der Waals surface area (Å²) >= 11 is 18.2. The summed E-state index contributed by atoms with van der Waals surface area (Å²) in [6.07, 6.45) is 1.14. The molecule has 13 aromatic carbocycles. The van der Waals surface area contributed by atoms with Crippen molar-refractivity contribution < 1.29 is 95.9 Å². The van der Waals surface area contributed by atoms with E-state index in [1.54, 1.807) is 153 Å². The van der Waals surface area contributed by atoms with E-state index in [9.17, 15) is 43.5 Å². The number of carbonyl (C=O) groups is 8. The van der Waals surface area contributed by atoms with Gasteiger partial charge >= 0.3 is 36.2 Å². The number of benzene rings is 13. The third-order valence-corrected chi connectivity index (χ3v) is 19.8. The first-order valence-corrected chi connectivity index (χ1v) is 44.3. The number of halogens is 6. The van der Waals surface area contributed by atoms with E-state index in [4.69, 9.17) is 104 Å². The number of hydrogen-bond donors (Lipinski definition) is 10. The number of ether oxygens (including phenoxy) is 10. The third kappa shape index (κ3) is 35.6. The van der Waals surface area contributed by atoms with Gasteiger partial charge in [0.05, 0.1) is 61.2 Å². The van der Waals surface area contributed by atoms with Gasteiger partial charge in [-0.3, -0.25) is 9.59 Å². The number of nitrogens with one attached hydrogen (secondary N) is 5. The molecule has 734 valence electrons. The Hall–Kier alpha value is -13.4. The van der Waals surface area contributed by atoms with Gasteiger partial charge in [-0.15, -0.1) is 37.2 Å². The topological polar surface area (TPSA) is 408 Å². The molecular weight excluding hydrogens is 1890 g/mol. The number of esters is 2. The van der Waals surface area contributed by atoms with Gasteiger partial charge in [-0.05, 0) is 258 Å². The molecule has 0 aromatic heterocycles. The van der Waals surface area contributed by atoms with Crippen molar-refractivity contribution in [3.8, 4) is 46.0 Å². The van der Waals surface area contributed by atoms with E-state index in [-0.39, 0.29) is 126 Å². The van der Waals surface area contributed by atoms with E-state index >= 15 is 0 Å². The lowest BCUT2D eigenvalue weighted by atomic mass is 10.0. The molecule has 34 heteroatoms. The van der Waals surface area contributed by atoms with E-state index in [2.05, 4.69) is 26.6 Å². The number of fused-ring (bicyclic) bond motifs is 5. The Morgan fingerprint density at radius 2 is 0.572 bits per heavy atom.